The van der Waals surface area contributed by atoms with Crippen LogP contribution in [0.4, 0.5) is 0 Å². The Kier molecular flexibility index (Phi) is 5.78. The zero-order chi connectivity index (χ0) is 28.5. The number of benzene rings is 5. The third kappa shape index (κ3) is 4.29. The van der Waals surface area contributed by atoms with E-state index in [0.717, 1.165) is 18.2 Å². The second-order valence-corrected chi connectivity index (χ2v) is 12.4. The molecule has 0 spiro atoms. The summed E-state index contributed by atoms with van der Waals surface area (Å²) in [6.45, 7) is 0. The van der Waals surface area contributed by atoms with E-state index in [1.54, 1.807) is 0 Å². The molecule has 12 nitrogen and oxygen atoms in total. The number of hydrogen-bond donors (Lipinski definition) is 3. The highest BCUT2D eigenvalue weighted by Gasteiger charge is 2.28. The molecule has 3 N–H and O–H groups in total. The second kappa shape index (κ2) is 8.58. The quantitative estimate of drug-likeness (QED) is 0.198. The first-order chi connectivity index (χ1) is 18.1. The van der Waals surface area contributed by atoms with Gasteiger partial charge in [-0.2, -0.15) is 35.8 Å². The van der Waals surface area contributed by atoms with Gasteiger partial charge >= 0.3 is 0 Å². The molecule has 15 heteroatoms. The molecule has 0 aliphatic heterocycles. The molecule has 0 heterocycles. The van der Waals surface area contributed by atoms with Crippen LogP contribution in [0.2, 0.25) is 0 Å². The van der Waals surface area contributed by atoms with Crippen LogP contribution >= 0.6 is 0 Å². The summed E-state index contributed by atoms with van der Waals surface area (Å²) in [7, 11) is -15.1. The van der Waals surface area contributed by atoms with Gasteiger partial charge in [0, 0.05) is 38.4 Å². The molecule has 0 fully saturated rings. The lowest BCUT2D eigenvalue weighted by molar-refractivity contribution is 0.475. The van der Waals surface area contributed by atoms with Crippen molar-refractivity contribution in [1.29, 1.82) is 10.5 Å². The van der Waals surface area contributed by atoms with Crippen molar-refractivity contribution in [2.24, 2.45) is 0 Å². The van der Waals surface area contributed by atoms with Gasteiger partial charge in [-0.1, -0.05) is 18.2 Å². The molecule has 5 rings (SSSR count). The number of ether oxygens (including phenoxy) is 1. The van der Waals surface area contributed by atoms with Crippen molar-refractivity contribution in [3.05, 3.63) is 65.7 Å². The Bertz CT molecular complexity index is 2250. The minimum Gasteiger partial charge on any atom is -0.457 e. The maximum atomic E-state index is 12.4. The van der Waals surface area contributed by atoms with Gasteiger partial charge in [-0.15, -0.1) is 0 Å². The van der Waals surface area contributed by atoms with Crippen molar-refractivity contribution < 1.29 is 43.6 Å². The van der Waals surface area contributed by atoms with Crippen molar-refractivity contribution in [1.82, 2.24) is 0 Å². The van der Waals surface area contributed by atoms with Crippen molar-refractivity contribution in [3.8, 4) is 23.6 Å². The molecular formula is C24H12N2O10S3. The lowest BCUT2D eigenvalue weighted by Gasteiger charge is -2.19. The van der Waals surface area contributed by atoms with E-state index < -0.39 is 45.0 Å². The molecule has 196 valence electrons. The molecule has 0 bridgehead atoms. The molecule has 0 atom stereocenters. The Labute approximate surface area is 220 Å². The molecule has 0 saturated heterocycles. The number of rotatable bonds is 5. The van der Waals surface area contributed by atoms with E-state index in [4.69, 9.17) is 10.00 Å². The number of nitriles is 2. The minimum absolute atomic E-state index is 0.000814. The normalized spacial score (nSPS) is 12.5. The molecule has 0 aromatic heterocycles. The molecule has 0 aliphatic rings. The van der Waals surface area contributed by atoms with E-state index in [-0.39, 0.29) is 54.9 Å². The predicted molar refractivity (Wildman–Crippen MR) is 136 cm³/mol. The van der Waals surface area contributed by atoms with Crippen LogP contribution in [0, 0.1) is 22.7 Å². The standard InChI is InChI=1S/C24H12N2O10S3/c25-10-12-1-2-14(7-13(12)11-26)36-19-8-20(37(27,28)29)16-5-6-18-22(39(33,34)35)9-21(38(30,31)32)17-4-3-15(19)23(16)24(17)18/h1-9H,(H,27,28,29)(H,30,31,32)(H,33,34,35). The molecule has 39 heavy (non-hydrogen) atoms. The van der Waals surface area contributed by atoms with E-state index in [1.165, 1.54) is 30.3 Å². The third-order valence-corrected chi connectivity index (χ3v) is 8.72. The van der Waals surface area contributed by atoms with Gasteiger partial charge in [-0.25, -0.2) is 0 Å². The summed E-state index contributed by atoms with van der Waals surface area (Å²) < 4.78 is 109. The first kappa shape index (κ1) is 26.3. The van der Waals surface area contributed by atoms with Crippen LogP contribution in [-0.4, -0.2) is 38.9 Å². The SMILES string of the molecule is N#Cc1ccc(Oc2cc(S(=O)(=O)O)c3ccc4c(S(=O)(=O)O)cc(S(=O)(=O)O)c5ccc2c3c54)cc1C#N. The fraction of sp³-hybridized carbons (Fsp3) is 0. The summed E-state index contributed by atoms with van der Waals surface area (Å²) in [5, 5.41) is 17.8. The first-order valence-electron chi connectivity index (χ1n) is 10.5. The number of hydrogen-bond acceptors (Lipinski definition) is 9. The fourth-order valence-electron chi connectivity index (χ4n) is 4.49. The van der Waals surface area contributed by atoms with Gasteiger partial charge in [0.25, 0.3) is 30.4 Å². The van der Waals surface area contributed by atoms with Crippen molar-refractivity contribution in [2.45, 2.75) is 14.7 Å². The topological polar surface area (TPSA) is 220 Å². The van der Waals surface area contributed by atoms with Crippen molar-refractivity contribution in [2.75, 3.05) is 0 Å². The van der Waals surface area contributed by atoms with Crippen LogP contribution in [0.25, 0.3) is 32.3 Å². The highest BCUT2D eigenvalue weighted by atomic mass is 32.2. The molecule has 0 radical (unpaired) electrons. The van der Waals surface area contributed by atoms with Crippen LogP contribution < -0.4 is 4.74 Å². The lowest BCUT2D eigenvalue weighted by Crippen LogP contribution is -2.07. The lowest BCUT2D eigenvalue weighted by atomic mass is 9.93. The molecule has 0 aliphatic carbocycles. The smallest absolute Gasteiger partial charge is 0.295 e. The van der Waals surface area contributed by atoms with E-state index in [9.17, 15) is 44.2 Å². The van der Waals surface area contributed by atoms with Crippen molar-refractivity contribution in [3.63, 3.8) is 0 Å². The average molecular weight is 585 g/mol. The van der Waals surface area contributed by atoms with E-state index in [0.29, 0.717) is 6.07 Å². The molecule has 5 aromatic carbocycles. The molecule has 0 amide bonds. The van der Waals surface area contributed by atoms with Gasteiger partial charge in [0.1, 0.15) is 38.3 Å². The van der Waals surface area contributed by atoms with E-state index >= 15 is 0 Å². The van der Waals surface area contributed by atoms with Gasteiger partial charge < -0.3 is 4.74 Å². The largest absolute Gasteiger partial charge is 0.457 e. The van der Waals surface area contributed by atoms with E-state index in [2.05, 4.69) is 0 Å². The Hall–Kier alpha value is -4.35. The Balaban J connectivity index is 1.99. The summed E-state index contributed by atoms with van der Waals surface area (Å²) in [6, 6.07) is 13.9. The monoisotopic (exact) mass is 584 g/mol. The van der Waals surface area contributed by atoms with Crippen LogP contribution in [0.3, 0.4) is 0 Å². The third-order valence-electron chi connectivity index (χ3n) is 6.04. The van der Waals surface area contributed by atoms with Crippen LogP contribution in [0.15, 0.2) is 69.3 Å². The molecule has 0 saturated carbocycles. The Morgan fingerprint density at radius 2 is 1.00 bits per heavy atom. The van der Waals surface area contributed by atoms with Crippen LogP contribution in [-0.2, 0) is 30.4 Å². The van der Waals surface area contributed by atoms with E-state index in [1.807, 2.05) is 12.1 Å². The Morgan fingerprint density at radius 1 is 0.564 bits per heavy atom. The van der Waals surface area contributed by atoms with Crippen molar-refractivity contribution >= 4 is 62.7 Å². The predicted octanol–water partition coefficient (Wildman–Crippen LogP) is 3.86. The summed E-state index contributed by atoms with van der Waals surface area (Å²) in [4.78, 5) is -2.43. The van der Waals surface area contributed by atoms with Crippen LogP contribution in [0.1, 0.15) is 11.1 Å². The highest BCUT2D eigenvalue weighted by Crippen LogP contribution is 2.46. The first-order valence-corrected chi connectivity index (χ1v) is 14.8. The highest BCUT2D eigenvalue weighted by molar-refractivity contribution is 7.87. The molecule has 0 unspecified atom stereocenters. The van der Waals surface area contributed by atoms with Gasteiger partial charge in [-0.05, 0) is 30.3 Å². The average Bonchev–Trinajstić information content (AvgIpc) is 2.85. The number of nitrogens with zero attached hydrogens (tertiary/aromatic N) is 2. The maximum Gasteiger partial charge on any atom is 0.295 e. The Morgan fingerprint density at radius 3 is 1.46 bits per heavy atom. The second-order valence-electron chi connectivity index (χ2n) is 8.28. The maximum absolute atomic E-state index is 12.4. The molecular weight excluding hydrogens is 572 g/mol. The summed E-state index contributed by atoms with van der Waals surface area (Å²) in [5.74, 6) is -0.206. The zero-order valence-electron chi connectivity index (χ0n) is 19.0. The summed E-state index contributed by atoms with van der Waals surface area (Å²) in [5.41, 5.74) is 0.00708. The van der Waals surface area contributed by atoms with Gasteiger partial charge in [0.2, 0.25) is 0 Å². The van der Waals surface area contributed by atoms with Gasteiger partial charge in [0.15, 0.2) is 0 Å². The van der Waals surface area contributed by atoms with Gasteiger partial charge in [0.05, 0.1) is 11.1 Å². The minimum atomic E-state index is -5.05. The summed E-state index contributed by atoms with van der Waals surface area (Å²) >= 11 is 0. The van der Waals surface area contributed by atoms with Crippen LogP contribution in [0.5, 0.6) is 11.5 Å². The zero-order valence-corrected chi connectivity index (χ0v) is 21.5. The van der Waals surface area contributed by atoms with Gasteiger partial charge in [-0.3, -0.25) is 13.7 Å². The fourth-order valence-corrected chi connectivity index (χ4v) is 6.70. The molecule has 5 aromatic rings. The summed E-state index contributed by atoms with van der Waals surface area (Å²) in [6.07, 6.45) is 0.